The number of rotatable bonds is 8. The number of hydrogen-bond acceptors (Lipinski definition) is 3. The number of carboxylic acids is 1. The van der Waals surface area contributed by atoms with E-state index in [0.29, 0.717) is 30.0 Å². The Balaban J connectivity index is 2.03. The highest BCUT2D eigenvalue weighted by Crippen LogP contribution is 2.25. The Bertz CT molecular complexity index is 754. The Kier molecular flexibility index (Phi) is 6.20. The van der Waals surface area contributed by atoms with Crippen molar-refractivity contribution >= 4 is 23.5 Å². The van der Waals surface area contributed by atoms with E-state index in [1.165, 1.54) is 6.20 Å². The molecule has 0 bridgehead atoms. The lowest BCUT2D eigenvalue weighted by molar-refractivity contribution is -0.149. The lowest BCUT2D eigenvalue weighted by atomic mass is 9.82. The number of amides is 1. The molecule has 7 heteroatoms. The molecule has 0 radical (unpaired) electrons. The second-order valence-electron chi connectivity index (χ2n) is 5.99. The number of carbonyl (C=O) groups is 2. The molecule has 0 aliphatic heterocycles. The van der Waals surface area contributed by atoms with Crippen molar-refractivity contribution in [1.82, 2.24) is 15.1 Å². The normalized spacial score (nSPS) is 11.3. The molecule has 6 nitrogen and oxygen atoms in total. The minimum absolute atomic E-state index is 0.0872. The van der Waals surface area contributed by atoms with E-state index in [9.17, 15) is 14.7 Å². The van der Waals surface area contributed by atoms with Crippen molar-refractivity contribution in [3.05, 3.63) is 52.8 Å². The maximum absolute atomic E-state index is 12.3. The first-order valence-electron chi connectivity index (χ1n) is 8.19. The van der Waals surface area contributed by atoms with E-state index in [0.717, 1.165) is 5.56 Å². The summed E-state index contributed by atoms with van der Waals surface area (Å²) in [5.41, 5.74) is 0.350. The fourth-order valence-corrected chi connectivity index (χ4v) is 2.79. The highest BCUT2D eigenvalue weighted by atomic mass is 35.5. The first-order chi connectivity index (χ1) is 11.9. The van der Waals surface area contributed by atoms with Crippen LogP contribution in [-0.4, -0.2) is 33.3 Å². The molecule has 2 N–H and O–H groups in total. The van der Waals surface area contributed by atoms with Crippen LogP contribution in [0.2, 0.25) is 5.02 Å². The van der Waals surface area contributed by atoms with Gasteiger partial charge in [-0.15, -0.1) is 0 Å². The standard InChI is InChI=1S/C18H22ClN3O3/c1-3-18(4-2,17(24)25)12-20-16(23)14-9-21-22(11-14)10-13-7-5-6-8-15(13)19/h5-9,11H,3-4,10,12H2,1-2H3,(H,20,23)(H,24,25). The molecule has 1 amide bonds. The smallest absolute Gasteiger partial charge is 0.311 e. The molecule has 0 aliphatic rings. The van der Waals surface area contributed by atoms with E-state index in [4.69, 9.17) is 11.6 Å². The molecule has 1 heterocycles. The summed E-state index contributed by atoms with van der Waals surface area (Å²) in [7, 11) is 0. The summed E-state index contributed by atoms with van der Waals surface area (Å²) >= 11 is 6.13. The molecule has 0 fully saturated rings. The number of aromatic nitrogens is 2. The quantitative estimate of drug-likeness (QED) is 0.754. The molecule has 0 unspecified atom stereocenters. The summed E-state index contributed by atoms with van der Waals surface area (Å²) in [4.78, 5) is 23.8. The monoisotopic (exact) mass is 363 g/mol. The van der Waals surface area contributed by atoms with Gasteiger partial charge in [0.15, 0.2) is 0 Å². The van der Waals surface area contributed by atoms with Crippen LogP contribution in [-0.2, 0) is 11.3 Å². The SMILES string of the molecule is CCC(CC)(CNC(=O)c1cnn(Cc2ccccc2Cl)c1)C(=O)O. The van der Waals surface area contributed by atoms with E-state index < -0.39 is 11.4 Å². The van der Waals surface area contributed by atoms with E-state index in [1.807, 2.05) is 32.0 Å². The van der Waals surface area contributed by atoms with Gasteiger partial charge in [0.25, 0.3) is 5.91 Å². The van der Waals surface area contributed by atoms with Crippen LogP contribution in [0.15, 0.2) is 36.7 Å². The molecule has 2 aromatic rings. The number of aliphatic carboxylic acids is 1. The number of nitrogens with zero attached hydrogens (tertiary/aromatic N) is 2. The van der Waals surface area contributed by atoms with Crippen LogP contribution in [0.1, 0.15) is 42.6 Å². The fraction of sp³-hybridized carbons (Fsp3) is 0.389. The molecular formula is C18H22ClN3O3. The van der Waals surface area contributed by atoms with Gasteiger partial charge in [-0.3, -0.25) is 14.3 Å². The molecule has 0 saturated carbocycles. The Morgan fingerprint density at radius 1 is 1.28 bits per heavy atom. The number of halogens is 1. The van der Waals surface area contributed by atoms with Crippen molar-refractivity contribution in [2.75, 3.05) is 6.54 Å². The number of carboxylic acid groups (broad SMARTS) is 1. The van der Waals surface area contributed by atoms with Gasteiger partial charge in [0.05, 0.1) is 23.7 Å². The van der Waals surface area contributed by atoms with Crippen molar-refractivity contribution in [3.8, 4) is 0 Å². The van der Waals surface area contributed by atoms with Crippen molar-refractivity contribution < 1.29 is 14.7 Å². The third kappa shape index (κ3) is 4.39. The van der Waals surface area contributed by atoms with Gasteiger partial charge in [-0.05, 0) is 24.5 Å². The minimum atomic E-state index is -0.941. The Morgan fingerprint density at radius 2 is 1.96 bits per heavy atom. The summed E-state index contributed by atoms with van der Waals surface area (Å²) in [6.07, 6.45) is 3.99. The van der Waals surface area contributed by atoms with Crippen LogP contribution in [0.3, 0.4) is 0 Å². The highest BCUT2D eigenvalue weighted by molar-refractivity contribution is 6.31. The summed E-state index contributed by atoms with van der Waals surface area (Å²) in [6, 6.07) is 7.44. The number of nitrogens with one attached hydrogen (secondary N) is 1. The molecule has 0 atom stereocenters. The van der Waals surface area contributed by atoms with E-state index in [2.05, 4.69) is 10.4 Å². The Labute approximate surface area is 151 Å². The van der Waals surface area contributed by atoms with Crippen molar-refractivity contribution in [3.63, 3.8) is 0 Å². The van der Waals surface area contributed by atoms with Gasteiger partial charge in [-0.25, -0.2) is 0 Å². The minimum Gasteiger partial charge on any atom is -0.481 e. The number of benzene rings is 1. The summed E-state index contributed by atoms with van der Waals surface area (Å²) in [6.45, 7) is 4.16. The largest absolute Gasteiger partial charge is 0.481 e. The maximum atomic E-state index is 12.3. The van der Waals surface area contributed by atoms with Gasteiger partial charge >= 0.3 is 5.97 Å². The first kappa shape index (κ1) is 19.0. The second-order valence-corrected chi connectivity index (χ2v) is 6.40. The molecule has 0 spiro atoms. The predicted molar refractivity (Wildman–Crippen MR) is 95.8 cm³/mol. The van der Waals surface area contributed by atoms with E-state index in [-0.39, 0.29) is 12.5 Å². The average molecular weight is 364 g/mol. The number of hydrogen-bond donors (Lipinski definition) is 2. The summed E-state index contributed by atoms with van der Waals surface area (Å²) in [5.74, 6) is -1.23. The third-order valence-corrected chi connectivity index (χ3v) is 4.95. The van der Waals surface area contributed by atoms with Crippen molar-refractivity contribution in [2.45, 2.75) is 33.2 Å². The predicted octanol–water partition coefficient (Wildman–Crippen LogP) is 3.21. The lowest BCUT2D eigenvalue weighted by Crippen LogP contribution is -2.42. The fourth-order valence-electron chi connectivity index (χ4n) is 2.60. The van der Waals surface area contributed by atoms with Gasteiger partial charge in [0.1, 0.15) is 0 Å². The highest BCUT2D eigenvalue weighted by Gasteiger charge is 2.35. The zero-order chi connectivity index (χ0) is 18.4. The topological polar surface area (TPSA) is 84.2 Å². The van der Waals surface area contributed by atoms with Crippen molar-refractivity contribution in [1.29, 1.82) is 0 Å². The summed E-state index contributed by atoms with van der Waals surface area (Å²) in [5, 5.41) is 16.9. The molecule has 25 heavy (non-hydrogen) atoms. The third-order valence-electron chi connectivity index (χ3n) is 4.58. The van der Waals surface area contributed by atoms with E-state index in [1.54, 1.807) is 16.9 Å². The van der Waals surface area contributed by atoms with Gasteiger partial charge in [-0.2, -0.15) is 5.10 Å². The second kappa shape index (κ2) is 8.16. The molecule has 1 aromatic heterocycles. The lowest BCUT2D eigenvalue weighted by Gasteiger charge is -2.26. The Hall–Kier alpha value is -2.34. The zero-order valence-electron chi connectivity index (χ0n) is 14.3. The van der Waals surface area contributed by atoms with Crippen LogP contribution in [0.5, 0.6) is 0 Å². The van der Waals surface area contributed by atoms with Crippen molar-refractivity contribution in [2.24, 2.45) is 5.41 Å². The van der Waals surface area contributed by atoms with Gasteiger partial charge in [0, 0.05) is 17.8 Å². The molecule has 0 aliphatic carbocycles. The van der Waals surface area contributed by atoms with Crippen LogP contribution < -0.4 is 5.32 Å². The summed E-state index contributed by atoms with van der Waals surface area (Å²) < 4.78 is 1.63. The number of carbonyl (C=O) groups excluding carboxylic acids is 1. The van der Waals surface area contributed by atoms with Gasteiger partial charge in [-0.1, -0.05) is 43.6 Å². The van der Waals surface area contributed by atoms with Crippen LogP contribution in [0.4, 0.5) is 0 Å². The van der Waals surface area contributed by atoms with Crippen LogP contribution >= 0.6 is 11.6 Å². The van der Waals surface area contributed by atoms with E-state index >= 15 is 0 Å². The van der Waals surface area contributed by atoms with Crippen LogP contribution in [0.25, 0.3) is 0 Å². The van der Waals surface area contributed by atoms with Crippen LogP contribution in [0, 0.1) is 5.41 Å². The molecule has 0 saturated heterocycles. The molecule has 134 valence electrons. The van der Waals surface area contributed by atoms with Gasteiger partial charge < -0.3 is 10.4 Å². The zero-order valence-corrected chi connectivity index (χ0v) is 15.1. The first-order valence-corrected chi connectivity index (χ1v) is 8.57. The maximum Gasteiger partial charge on any atom is 0.311 e. The molecule has 2 rings (SSSR count). The molecule has 1 aromatic carbocycles. The van der Waals surface area contributed by atoms with Gasteiger partial charge in [0.2, 0.25) is 0 Å². The molecular weight excluding hydrogens is 342 g/mol. The average Bonchev–Trinajstić information content (AvgIpc) is 3.06. The Morgan fingerprint density at radius 3 is 2.56 bits per heavy atom.